The van der Waals surface area contributed by atoms with E-state index in [1.54, 1.807) is 0 Å². The standard InChI is InChI=1S/C9H10N2O4/c12-8-5-1-3-15-4-2-6(5)10-7(11-8)9(13)14/h1-4H2,(H,13,14)(H,10,11,12). The first-order chi connectivity index (χ1) is 7.18. The molecule has 1 aliphatic rings. The molecule has 15 heavy (non-hydrogen) atoms. The molecule has 0 bridgehead atoms. The predicted molar refractivity (Wildman–Crippen MR) is 50.0 cm³/mol. The van der Waals surface area contributed by atoms with Crippen molar-refractivity contribution in [2.24, 2.45) is 0 Å². The summed E-state index contributed by atoms with van der Waals surface area (Å²) < 4.78 is 5.19. The van der Waals surface area contributed by atoms with Crippen molar-refractivity contribution in [1.82, 2.24) is 9.97 Å². The number of aromatic amines is 1. The third-order valence-corrected chi connectivity index (χ3v) is 2.28. The molecule has 6 nitrogen and oxygen atoms in total. The monoisotopic (exact) mass is 210 g/mol. The maximum absolute atomic E-state index is 11.5. The number of ether oxygens (including phenoxy) is 1. The molecule has 2 N–H and O–H groups in total. The number of rotatable bonds is 1. The molecule has 2 heterocycles. The van der Waals surface area contributed by atoms with Crippen LogP contribution in [0.2, 0.25) is 0 Å². The third kappa shape index (κ3) is 1.89. The molecule has 1 aliphatic heterocycles. The van der Waals surface area contributed by atoms with E-state index < -0.39 is 5.97 Å². The van der Waals surface area contributed by atoms with Gasteiger partial charge in [0, 0.05) is 18.4 Å². The number of fused-ring (bicyclic) bond motifs is 1. The number of H-pyrrole nitrogens is 1. The molecule has 0 aliphatic carbocycles. The van der Waals surface area contributed by atoms with Crippen LogP contribution in [-0.2, 0) is 17.6 Å². The summed E-state index contributed by atoms with van der Waals surface area (Å²) in [6.07, 6.45) is 0.969. The summed E-state index contributed by atoms with van der Waals surface area (Å²) in [6, 6.07) is 0. The average molecular weight is 210 g/mol. The number of carboxylic acids is 1. The normalized spacial score (nSPS) is 15.5. The van der Waals surface area contributed by atoms with Gasteiger partial charge in [0.1, 0.15) is 0 Å². The lowest BCUT2D eigenvalue weighted by molar-refractivity contribution is 0.0682. The van der Waals surface area contributed by atoms with E-state index in [1.807, 2.05) is 0 Å². The Morgan fingerprint density at radius 3 is 2.87 bits per heavy atom. The fraction of sp³-hybridized carbons (Fsp3) is 0.444. The highest BCUT2D eigenvalue weighted by Gasteiger charge is 2.16. The minimum absolute atomic E-state index is 0.305. The highest BCUT2D eigenvalue weighted by Crippen LogP contribution is 2.07. The Bertz CT molecular complexity index is 452. The Kier molecular flexibility index (Phi) is 2.51. The summed E-state index contributed by atoms with van der Waals surface area (Å²) in [6.45, 7) is 0.951. The number of hydrogen-bond acceptors (Lipinski definition) is 4. The van der Waals surface area contributed by atoms with Gasteiger partial charge in [0.25, 0.3) is 5.56 Å². The predicted octanol–water partition coefficient (Wildman–Crippen LogP) is -0.417. The summed E-state index contributed by atoms with van der Waals surface area (Å²) in [5, 5.41) is 8.72. The Morgan fingerprint density at radius 2 is 2.13 bits per heavy atom. The zero-order valence-corrected chi connectivity index (χ0v) is 7.95. The number of nitrogens with one attached hydrogen (secondary N) is 1. The van der Waals surface area contributed by atoms with Gasteiger partial charge in [-0.25, -0.2) is 9.78 Å². The van der Waals surface area contributed by atoms with Crippen LogP contribution in [0.3, 0.4) is 0 Å². The largest absolute Gasteiger partial charge is 0.475 e. The molecule has 0 saturated heterocycles. The summed E-state index contributed by atoms with van der Waals surface area (Å²) in [5.41, 5.74) is 0.703. The molecule has 6 heteroatoms. The van der Waals surface area contributed by atoms with Crippen molar-refractivity contribution in [3.05, 3.63) is 27.4 Å². The summed E-state index contributed by atoms with van der Waals surface area (Å²) in [4.78, 5) is 28.3. The van der Waals surface area contributed by atoms with Crippen LogP contribution in [0, 0.1) is 0 Å². The van der Waals surface area contributed by atoms with Crippen LogP contribution in [0.1, 0.15) is 21.9 Å². The molecular formula is C9H10N2O4. The van der Waals surface area contributed by atoms with Gasteiger partial charge in [-0.05, 0) is 0 Å². The van der Waals surface area contributed by atoms with E-state index in [-0.39, 0.29) is 11.4 Å². The Labute approximate surface area is 84.9 Å². The van der Waals surface area contributed by atoms with E-state index >= 15 is 0 Å². The minimum Gasteiger partial charge on any atom is -0.475 e. The SMILES string of the molecule is O=C(O)c1nc2c(c(=O)[nH]1)CCOCC2. The lowest BCUT2D eigenvalue weighted by Gasteiger charge is -2.03. The Hall–Kier alpha value is -1.69. The smallest absolute Gasteiger partial charge is 0.372 e. The lowest BCUT2D eigenvalue weighted by Crippen LogP contribution is -2.22. The average Bonchev–Trinajstić information content (AvgIpc) is 2.42. The van der Waals surface area contributed by atoms with Gasteiger partial charge in [0.05, 0.1) is 18.9 Å². The fourth-order valence-electron chi connectivity index (χ4n) is 1.56. The summed E-state index contributed by atoms with van der Waals surface area (Å²) in [5.74, 6) is -1.53. The first-order valence-electron chi connectivity index (χ1n) is 4.61. The van der Waals surface area contributed by atoms with Gasteiger partial charge in [-0.2, -0.15) is 0 Å². The maximum atomic E-state index is 11.5. The van der Waals surface area contributed by atoms with Crippen molar-refractivity contribution in [2.75, 3.05) is 13.2 Å². The van der Waals surface area contributed by atoms with Crippen LogP contribution in [0.15, 0.2) is 4.79 Å². The van der Waals surface area contributed by atoms with Crippen molar-refractivity contribution in [3.63, 3.8) is 0 Å². The van der Waals surface area contributed by atoms with Gasteiger partial charge in [-0.1, -0.05) is 0 Å². The van der Waals surface area contributed by atoms with Gasteiger partial charge in [-0.3, -0.25) is 4.79 Å². The summed E-state index contributed by atoms with van der Waals surface area (Å²) >= 11 is 0. The number of aromatic carboxylic acids is 1. The van der Waals surface area contributed by atoms with Crippen molar-refractivity contribution < 1.29 is 14.6 Å². The van der Waals surface area contributed by atoms with Crippen LogP contribution in [0.5, 0.6) is 0 Å². The Morgan fingerprint density at radius 1 is 1.40 bits per heavy atom. The molecule has 0 amide bonds. The number of hydrogen-bond donors (Lipinski definition) is 2. The molecule has 1 aromatic rings. The minimum atomic E-state index is -1.22. The van der Waals surface area contributed by atoms with Gasteiger partial charge >= 0.3 is 5.97 Å². The van der Waals surface area contributed by atoms with Crippen molar-refractivity contribution in [3.8, 4) is 0 Å². The van der Waals surface area contributed by atoms with Crippen molar-refractivity contribution >= 4 is 5.97 Å². The fourth-order valence-corrected chi connectivity index (χ4v) is 1.56. The van der Waals surface area contributed by atoms with E-state index in [0.29, 0.717) is 37.3 Å². The second-order valence-electron chi connectivity index (χ2n) is 3.26. The second-order valence-corrected chi connectivity index (χ2v) is 3.26. The maximum Gasteiger partial charge on any atom is 0.372 e. The molecule has 1 aromatic heterocycles. The zero-order chi connectivity index (χ0) is 10.8. The Balaban J connectivity index is 2.53. The molecule has 0 radical (unpaired) electrons. The molecule has 2 rings (SSSR count). The summed E-state index contributed by atoms with van der Waals surface area (Å²) in [7, 11) is 0. The van der Waals surface area contributed by atoms with Crippen molar-refractivity contribution in [2.45, 2.75) is 12.8 Å². The topological polar surface area (TPSA) is 92.3 Å². The lowest BCUT2D eigenvalue weighted by atomic mass is 10.1. The number of aromatic nitrogens is 2. The van der Waals surface area contributed by atoms with Gasteiger partial charge in [0.15, 0.2) is 0 Å². The molecule has 0 spiro atoms. The molecule has 0 saturated carbocycles. The number of carbonyl (C=O) groups is 1. The molecule has 0 atom stereocenters. The van der Waals surface area contributed by atoms with E-state index in [4.69, 9.17) is 9.84 Å². The van der Waals surface area contributed by atoms with Crippen LogP contribution < -0.4 is 5.56 Å². The van der Waals surface area contributed by atoms with E-state index in [1.165, 1.54) is 0 Å². The molecule has 0 fully saturated rings. The second kappa shape index (κ2) is 3.82. The first kappa shape index (κ1) is 9.85. The van der Waals surface area contributed by atoms with Crippen LogP contribution in [0.25, 0.3) is 0 Å². The third-order valence-electron chi connectivity index (χ3n) is 2.28. The zero-order valence-electron chi connectivity index (χ0n) is 7.95. The van der Waals surface area contributed by atoms with E-state index in [0.717, 1.165) is 0 Å². The molecular weight excluding hydrogens is 200 g/mol. The van der Waals surface area contributed by atoms with Crippen LogP contribution in [-0.4, -0.2) is 34.3 Å². The molecule has 0 aromatic carbocycles. The van der Waals surface area contributed by atoms with E-state index in [2.05, 4.69) is 9.97 Å². The van der Waals surface area contributed by atoms with Crippen molar-refractivity contribution in [1.29, 1.82) is 0 Å². The number of carboxylic acid groups (broad SMARTS) is 1. The highest BCUT2D eigenvalue weighted by atomic mass is 16.5. The quantitative estimate of drug-likeness (QED) is 0.657. The van der Waals surface area contributed by atoms with Gasteiger partial charge in [-0.15, -0.1) is 0 Å². The van der Waals surface area contributed by atoms with E-state index in [9.17, 15) is 9.59 Å². The highest BCUT2D eigenvalue weighted by molar-refractivity contribution is 5.83. The van der Waals surface area contributed by atoms with Crippen LogP contribution >= 0.6 is 0 Å². The number of nitrogens with zero attached hydrogens (tertiary/aromatic N) is 1. The van der Waals surface area contributed by atoms with Crippen LogP contribution in [0.4, 0.5) is 0 Å². The molecule has 0 unspecified atom stereocenters. The van der Waals surface area contributed by atoms with Gasteiger partial charge < -0.3 is 14.8 Å². The van der Waals surface area contributed by atoms with Gasteiger partial charge in [0.2, 0.25) is 5.82 Å². The first-order valence-corrected chi connectivity index (χ1v) is 4.61. The molecule has 80 valence electrons.